The number of halogens is 2. The van der Waals surface area contributed by atoms with E-state index in [1.54, 1.807) is 24.3 Å². The van der Waals surface area contributed by atoms with Gasteiger partial charge in [-0.1, -0.05) is 11.6 Å². The number of benzene rings is 1. The van der Waals surface area contributed by atoms with Crippen LogP contribution in [-0.4, -0.2) is 5.78 Å². The smallest absolute Gasteiger partial charge is 0.204 e. The molecule has 1 aliphatic carbocycles. The fourth-order valence-corrected chi connectivity index (χ4v) is 4.01. The summed E-state index contributed by atoms with van der Waals surface area (Å²) in [5, 5.41) is 0.185. The molecule has 0 saturated carbocycles. The topological polar surface area (TPSA) is 17.1 Å². The molecule has 1 heterocycles. The maximum absolute atomic E-state index is 13.4. The Bertz CT molecular complexity index is 667. The Morgan fingerprint density at radius 3 is 2.75 bits per heavy atom. The summed E-state index contributed by atoms with van der Waals surface area (Å²) in [5.74, 6) is -0.477. The average Bonchev–Trinajstić information content (AvgIpc) is 2.86. The molecule has 0 radical (unpaired) electrons. The van der Waals surface area contributed by atoms with E-state index >= 15 is 0 Å². The third-order valence-corrected chi connectivity index (χ3v) is 5.26. The van der Waals surface area contributed by atoms with E-state index in [4.69, 9.17) is 11.6 Å². The van der Waals surface area contributed by atoms with E-state index in [0.29, 0.717) is 16.0 Å². The minimum Gasteiger partial charge on any atom is -0.288 e. The Labute approximate surface area is 126 Å². The summed E-state index contributed by atoms with van der Waals surface area (Å²) in [6.45, 7) is 1.64. The summed E-state index contributed by atoms with van der Waals surface area (Å²) in [5.41, 5.74) is 2.13. The molecule has 0 unspecified atom stereocenters. The van der Waals surface area contributed by atoms with Crippen LogP contribution >= 0.6 is 22.9 Å². The van der Waals surface area contributed by atoms with Crippen LogP contribution < -0.4 is 0 Å². The molecule has 1 aromatic carbocycles. The lowest BCUT2D eigenvalue weighted by molar-refractivity contribution is 0.104. The van der Waals surface area contributed by atoms with Crippen LogP contribution in [0.2, 0.25) is 5.02 Å². The van der Waals surface area contributed by atoms with Gasteiger partial charge in [-0.25, -0.2) is 4.39 Å². The van der Waals surface area contributed by atoms with Crippen molar-refractivity contribution in [2.24, 2.45) is 0 Å². The lowest BCUT2D eigenvalue weighted by atomic mass is 9.98. The Hall–Kier alpha value is -1.19. The van der Waals surface area contributed by atoms with Crippen molar-refractivity contribution in [2.75, 3.05) is 0 Å². The fraction of sp³-hybridized carbons (Fsp3) is 0.312. The Kier molecular flexibility index (Phi) is 3.65. The van der Waals surface area contributed by atoms with Crippen molar-refractivity contribution in [3.63, 3.8) is 0 Å². The van der Waals surface area contributed by atoms with E-state index in [2.05, 4.69) is 0 Å². The monoisotopic (exact) mass is 308 g/mol. The molecule has 0 aliphatic heterocycles. The van der Waals surface area contributed by atoms with Crippen LogP contribution in [0.1, 0.15) is 44.1 Å². The van der Waals surface area contributed by atoms with Crippen molar-refractivity contribution in [1.82, 2.24) is 0 Å². The van der Waals surface area contributed by atoms with Gasteiger partial charge in [0.2, 0.25) is 5.78 Å². The summed E-state index contributed by atoms with van der Waals surface area (Å²) < 4.78 is 13.4. The molecule has 1 nitrogen and oxygen atoms in total. The summed E-state index contributed by atoms with van der Waals surface area (Å²) in [4.78, 5) is 14.6. The molecule has 0 atom stereocenters. The third-order valence-electron chi connectivity index (χ3n) is 3.71. The zero-order valence-corrected chi connectivity index (χ0v) is 12.7. The number of hydrogen-bond acceptors (Lipinski definition) is 2. The number of carbonyl (C=O) groups is 1. The second-order valence-corrected chi connectivity index (χ2v) is 6.72. The summed E-state index contributed by atoms with van der Waals surface area (Å²) in [6.07, 6.45) is 4.49. The van der Waals surface area contributed by atoms with Crippen molar-refractivity contribution < 1.29 is 9.18 Å². The minimum atomic E-state index is -0.378. The molecule has 0 bridgehead atoms. The standard InChI is InChI=1S/C16H14ClFOS/c1-9-6-11(12(17)8-13(9)18)16(19)15-7-10-4-2-3-5-14(10)20-15/h6-8H,2-5H2,1H3. The highest BCUT2D eigenvalue weighted by molar-refractivity contribution is 7.14. The van der Waals surface area contributed by atoms with Crippen LogP contribution in [0.25, 0.3) is 0 Å². The average molecular weight is 309 g/mol. The largest absolute Gasteiger partial charge is 0.288 e. The fourth-order valence-electron chi connectivity index (χ4n) is 2.57. The number of ketones is 1. The second-order valence-electron chi connectivity index (χ2n) is 5.18. The molecule has 3 rings (SSSR count). The van der Waals surface area contributed by atoms with Crippen molar-refractivity contribution in [2.45, 2.75) is 32.6 Å². The van der Waals surface area contributed by atoms with Gasteiger partial charge < -0.3 is 0 Å². The maximum Gasteiger partial charge on any atom is 0.204 e. The first-order valence-electron chi connectivity index (χ1n) is 6.68. The third kappa shape index (κ3) is 2.40. The maximum atomic E-state index is 13.4. The molecule has 1 aliphatic rings. The van der Waals surface area contributed by atoms with Crippen LogP contribution in [0.4, 0.5) is 4.39 Å². The number of rotatable bonds is 2. The van der Waals surface area contributed by atoms with Gasteiger partial charge in [0.05, 0.1) is 9.90 Å². The van der Waals surface area contributed by atoms with Crippen molar-refractivity contribution in [1.29, 1.82) is 0 Å². The van der Waals surface area contributed by atoms with Gasteiger partial charge in [0.1, 0.15) is 5.82 Å². The van der Waals surface area contributed by atoms with E-state index in [0.717, 1.165) is 12.8 Å². The van der Waals surface area contributed by atoms with E-state index in [1.807, 2.05) is 6.07 Å². The van der Waals surface area contributed by atoms with Gasteiger partial charge in [-0.3, -0.25) is 4.79 Å². The number of thiophene rings is 1. The van der Waals surface area contributed by atoms with Crippen LogP contribution in [0.3, 0.4) is 0 Å². The molecule has 0 N–H and O–H groups in total. The van der Waals surface area contributed by atoms with Gasteiger partial charge in [-0.2, -0.15) is 0 Å². The highest BCUT2D eigenvalue weighted by Crippen LogP contribution is 2.32. The quantitative estimate of drug-likeness (QED) is 0.717. The second kappa shape index (κ2) is 5.30. The molecule has 0 fully saturated rings. The van der Waals surface area contributed by atoms with Crippen molar-refractivity contribution >= 4 is 28.7 Å². The number of hydrogen-bond donors (Lipinski definition) is 0. The molecule has 0 amide bonds. The van der Waals surface area contributed by atoms with Crippen LogP contribution in [0.15, 0.2) is 18.2 Å². The van der Waals surface area contributed by atoms with Gasteiger partial charge in [0.25, 0.3) is 0 Å². The van der Waals surface area contributed by atoms with E-state index in [1.165, 1.54) is 29.3 Å². The SMILES string of the molecule is Cc1cc(C(=O)c2cc3c(s2)CCCC3)c(Cl)cc1F. The lowest BCUT2D eigenvalue weighted by Gasteiger charge is -2.08. The van der Waals surface area contributed by atoms with Crippen molar-refractivity contribution in [3.8, 4) is 0 Å². The first kappa shape index (κ1) is 13.8. The first-order valence-corrected chi connectivity index (χ1v) is 7.87. The van der Waals surface area contributed by atoms with Crippen LogP contribution in [0.5, 0.6) is 0 Å². The van der Waals surface area contributed by atoms with Gasteiger partial charge in [0, 0.05) is 10.4 Å². The molecular weight excluding hydrogens is 295 g/mol. The zero-order chi connectivity index (χ0) is 14.3. The summed E-state index contributed by atoms with van der Waals surface area (Å²) in [7, 11) is 0. The number of carbonyl (C=O) groups excluding carboxylic acids is 1. The van der Waals surface area contributed by atoms with Gasteiger partial charge in [0.15, 0.2) is 0 Å². The highest BCUT2D eigenvalue weighted by atomic mass is 35.5. The molecule has 0 saturated heterocycles. The summed E-state index contributed by atoms with van der Waals surface area (Å²) >= 11 is 7.57. The van der Waals surface area contributed by atoms with Crippen LogP contribution in [-0.2, 0) is 12.8 Å². The van der Waals surface area contributed by atoms with E-state index in [9.17, 15) is 9.18 Å². The normalized spacial score (nSPS) is 14.2. The molecule has 20 heavy (non-hydrogen) atoms. The zero-order valence-electron chi connectivity index (χ0n) is 11.1. The van der Waals surface area contributed by atoms with Gasteiger partial charge in [-0.15, -0.1) is 11.3 Å². The molecule has 104 valence electrons. The number of fused-ring (bicyclic) bond motifs is 1. The lowest BCUT2D eigenvalue weighted by Crippen LogP contribution is -2.01. The Morgan fingerprint density at radius 2 is 2.00 bits per heavy atom. The Balaban J connectivity index is 2.00. The highest BCUT2D eigenvalue weighted by Gasteiger charge is 2.20. The van der Waals surface area contributed by atoms with E-state index < -0.39 is 0 Å². The molecule has 0 spiro atoms. The van der Waals surface area contributed by atoms with Crippen molar-refractivity contribution in [3.05, 3.63) is 55.5 Å². The predicted octanol–water partition coefficient (Wildman–Crippen LogP) is 4.96. The molecule has 4 heteroatoms. The summed E-state index contributed by atoms with van der Waals surface area (Å²) in [6, 6.07) is 4.74. The molecule has 2 aromatic rings. The Morgan fingerprint density at radius 1 is 1.25 bits per heavy atom. The number of aryl methyl sites for hydroxylation is 3. The first-order chi connectivity index (χ1) is 9.56. The predicted molar refractivity (Wildman–Crippen MR) is 80.5 cm³/mol. The van der Waals surface area contributed by atoms with E-state index in [-0.39, 0.29) is 16.6 Å². The van der Waals surface area contributed by atoms with Gasteiger partial charge in [-0.05, 0) is 61.9 Å². The minimum absolute atomic E-state index is 0.0995. The molecular formula is C16H14ClFOS. The van der Waals surface area contributed by atoms with Gasteiger partial charge >= 0.3 is 0 Å². The van der Waals surface area contributed by atoms with Crippen LogP contribution in [0, 0.1) is 12.7 Å². The molecule has 1 aromatic heterocycles.